The van der Waals surface area contributed by atoms with Gasteiger partial charge in [0.1, 0.15) is 22.8 Å². The molecule has 0 amide bonds. The van der Waals surface area contributed by atoms with E-state index in [-0.39, 0.29) is 0 Å². The van der Waals surface area contributed by atoms with E-state index >= 15 is 0 Å². The predicted molar refractivity (Wildman–Crippen MR) is 89.9 cm³/mol. The number of anilines is 1. The molecule has 3 heterocycles. The van der Waals surface area contributed by atoms with Crippen LogP contribution < -0.4 is 5.32 Å². The van der Waals surface area contributed by atoms with Gasteiger partial charge in [-0.2, -0.15) is 0 Å². The van der Waals surface area contributed by atoms with E-state index in [0.29, 0.717) is 19.1 Å². The Hall–Kier alpha value is -2.41. The van der Waals surface area contributed by atoms with Crippen LogP contribution >= 0.6 is 0 Å². The molecule has 1 aliphatic rings. The molecule has 0 bridgehead atoms. The number of hydrogen-bond donors (Lipinski definition) is 1. The monoisotopic (exact) mass is 327 g/mol. The SMILES string of the molecule is COCCn1ccc2nc(C)nc(NCc3cc(C4CC4)on3)c21. The summed E-state index contributed by atoms with van der Waals surface area (Å²) in [4.78, 5) is 9.08. The first-order valence-corrected chi connectivity index (χ1v) is 8.26. The van der Waals surface area contributed by atoms with Gasteiger partial charge < -0.3 is 19.1 Å². The van der Waals surface area contributed by atoms with Crippen LogP contribution in [0.5, 0.6) is 0 Å². The molecular weight excluding hydrogens is 306 g/mol. The number of fused-ring (bicyclic) bond motifs is 1. The van der Waals surface area contributed by atoms with Crippen molar-refractivity contribution in [1.29, 1.82) is 0 Å². The maximum Gasteiger partial charge on any atom is 0.154 e. The summed E-state index contributed by atoms with van der Waals surface area (Å²) < 4.78 is 12.7. The van der Waals surface area contributed by atoms with Crippen molar-refractivity contribution < 1.29 is 9.26 Å². The van der Waals surface area contributed by atoms with Gasteiger partial charge in [-0.15, -0.1) is 0 Å². The van der Waals surface area contributed by atoms with Gasteiger partial charge in [0.15, 0.2) is 5.82 Å². The zero-order valence-corrected chi connectivity index (χ0v) is 14.0. The lowest BCUT2D eigenvalue weighted by Crippen LogP contribution is -2.08. The number of ether oxygens (including phenoxy) is 1. The van der Waals surface area contributed by atoms with Gasteiger partial charge >= 0.3 is 0 Å². The number of hydrogen-bond acceptors (Lipinski definition) is 6. The Bertz CT molecular complexity index is 850. The summed E-state index contributed by atoms with van der Waals surface area (Å²) >= 11 is 0. The van der Waals surface area contributed by atoms with E-state index in [2.05, 4.69) is 25.0 Å². The minimum atomic E-state index is 0.575. The Labute approximate surface area is 140 Å². The van der Waals surface area contributed by atoms with E-state index in [1.807, 2.05) is 25.3 Å². The van der Waals surface area contributed by atoms with Crippen molar-refractivity contribution in [3.8, 4) is 0 Å². The van der Waals surface area contributed by atoms with Crippen molar-refractivity contribution in [2.45, 2.75) is 38.8 Å². The zero-order chi connectivity index (χ0) is 16.5. The molecule has 0 aliphatic heterocycles. The maximum atomic E-state index is 5.41. The molecule has 0 radical (unpaired) electrons. The summed E-state index contributed by atoms with van der Waals surface area (Å²) in [5.74, 6) is 3.13. The van der Waals surface area contributed by atoms with Crippen LogP contribution in [0.15, 0.2) is 22.9 Å². The van der Waals surface area contributed by atoms with E-state index in [1.165, 1.54) is 12.8 Å². The second kappa shape index (κ2) is 6.24. The fraction of sp³-hybridized carbons (Fsp3) is 0.471. The molecule has 7 nitrogen and oxygen atoms in total. The van der Waals surface area contributed by atoms with Crippen molar-refractivity contribution in [1.82, 2.24) is 19.7 Å². The molecule has 0 atom stereocenters. The van der Waals surface area contributed by atoms with Crippen LogP contribution in [-0.4, -0.2) is 33.4 Å². The Morgan fingerprint density at radius 1 is 1.38 bits per heavy atom. The van der Waals surface area contributed by atoms with Crippen LogP contribution in [0.1, 0.15) is 36.0 Å². The summed E-state index contributed by atoms with van der Waals surface area (Å²) in [6.07, 6.45) is 4.44. The van der Waals surface area contributed by atoms with Crippen LogP contribution in [0.4, 0.5) is 5.82 Å². The number of methoxy groups -OCH3 is 1. The first kappa shape index (κ1) is 15.1. The van der Waals surface area contributed by atoms with Crippen LogP contribution in [0.25, 0.3) is 11.0 Å². The number of nitrogens with zero attached hydrogens (tertiary/aromatic N) is 4. The highest BCUT2D eigenvalue weighted by Crippen LogP contribution is 2.40. The Morgan fingerprint density at radius 3 is 3.04 bits per heavy atom. The van der Waals surface area contributed by atoms with E-state index in [9.17, 15) is 0 Å². The minimum Gasteiger partial charge on any atom is -0.383 e. The molecule has 126 valence electrons. The molecule has 0 spiro atoms. The van der Waals surface area contributed by atoms with Crippen molar-refractivity contribution in [2.24, 2.45) is 0 Å². The van der Waals surface area contributed by atoms with Gasteiger partial charge in [0.25, 0.3) is 0 Å². The quantitative estimate of drug-likeness (QED) is 0.719. The van der Waals surface area contributed by atoms with Gasteiger partial charge in [-0.05, 0) is 25.8 Å². The highest BCUT2D eigenvalue weighted by atomic mass is 16.5. The Kier molecular flexibility index (Phi) is 3.93. The van der Waals surface area contributed by atoms with Gasteiger partial charge in [0.05, 0.1) is 18.7 Å². The normalized spacial score (nSPS) is 14.4. The molecule has 3 aromatic heterocycles. The van der Waals surface area contributed by atoms with Crippen molar-refractivity contribution in [3.05, 3.63) is 35.6 Å². The molecular formula is C17H21N5O2. The van der Waals surface area contributed by atoms with Crippen molar-refractivity contribution in [2.75, 3.05) is 19.0 Å². The third-order valence-electron chi connectivity index (χ3n) is 4.25. The number of rotatable bonds is 7. The smallest absolute Gasteiger partial charge is 0.154 e. The summed E-state index contributed by atoms with van der Waals surface area (Å²) in [7, 11) is 1.70. The lowest BCUT2D eigenvalue weighted by molar-refractivity contribution is 0.188. The van der Waals surface area contributed by atoms with E-state index < -0.39 is 0 Å². The summed E-state index contributed by atoms with van der Waals surface area (Å²) in [6, 6.07) is 4.05. The first-order valence-electron chi connectivity index (χ1n) is 8.26. The highest BCUT2D eigenvalue weighted by Gasteiger charge is 2.27. The third kappa shape index (κ3) is 2.99. The van der Waals surface area contributed by atoms with E-state index in [1.54, 1.807) is 7.11 Å². The van der Waals surface area contributed by atoms with Gasteiger partial charge in [-0.25, -0.2) is 9.97 Å². The molecule has 0 saturated heterocycles. The van der Waals surface area contributed by atoms with Gasteiger partial charge in [-0.3, -0.25) is 0 Å². The topological polar surface area (TPSA) is 78.0 Å². The van der Waals surface area contributed by atoms with E-state index in [0.717, 1.165) is 40.7 Å². The Balaban J connectivity index is 1.57. The third-order valence-corrected chi connectivity index (χ3v) is 4.25. The lowest BCUT2D eigenvalue weighted by Gasteiger charge is -2.10. The molecule has 1 aliphatic carbocycles. The van der Waals surface area contributed by atoms with E-state index in [4.69, 9.17) is 9.26 Å². The average molecular weight is 327 g/mol. The molecule has 0 aromatic carbocycles. The Morgan fingerprint density at radius 2 is 2.25 bits per heavy atom. The summed E-state index contributed by atoms with van der Waals surface area (Å²) in [5, 5.41) is 7.53. The second-order valence-corrected chi connectivity index (χ2v) is 6.20. The lowest BCUT2D eigenvalue weighted by atomic mass is 10.3. The summed E-state index contributed by atoms with van der Waals surface area (Å²) in [5.41, 5.74) is 2.82. The standard InChI is InChI=1S/C17H21N5O2/c1-11-19-14-5-6-22(7-8-23-2)16(14)17(20-11)18-10-13-9-15(24-21-13)12-3-4-12/h5-6,9,12H,3-4,7-8,10H2,1-2H3,(H,18,19,20). The minimum absolute atomic E-state index is 0.575. The molecule has 1 N–H and O–H groups in total. The fourth-order valence-corrected chi connectivity index (χ4v) is 2.87. The van der Waals surface area contributed by atoms with Gasteiger partial charge in [0.2, 0.25) is 0 Å². The molecule has 1 saturated carbocycles. The largest absolute Gasteiger partial charge is 0.383 e. The molecule has 1 fully saturated rings. The fourth-order valence-electron chi connectivity index (χ4n) is 2.87. The molecule has 24 heavy (non-hydrogen) atoms. The number of nitrogens with one attached hydrogen (secondary N) is 1. The average Bonchev–Trinajstić information content (AvgIpc) is 3.18. The van der Waals surface area contributed by atoms with Crippen LogP contribution in [0.2, 0.25) is 0 Å². The number of aryl methyl sites for hydroxylation is 1. The van der Waals surface area contributed by atoms with Gasteiger partial charge in [0, 0.05) is 31.8 Å². The first-order chi connectivity index (χ1) is 11.7. The van der Waals surface area contributed by atoms with Crippen LogP contribution in [0.3, 0.4) is 0 Å². The summed E-state index contributed by atoms with van der Waals surface area (Å²) in [6.45, 7) is 3.89. The van der Waals surface area contributed by atoms with Crippen molar-refractivity contribution in [3.63, 3.8) is 0 Å². The molecule has 0 unspecified atom stereocenters. The van der Waals surface area contributed by atoms with Crippen LogP contribution in [-0.2, 0) is 17.8 Å². The van der Waals surface area contributed by atoms with Crippen LogP contribution in [0, 0.1) is 6.92 Å². The molecule has 3 aromatic rings. The molecule has 7 heteroatoms. The zero-order valence-electron chi connectivity index (χ0n) is 14.0. The number of aromatic nitrogens is 4. The molecule has 4 rings (SSSR count). The highest BCUT2D eigenvalue weighted by molar-refractivity contribution is 5.86. The van der Waals surface area contributed by atoms with Crippen molar-refractivity contribution >= 4 is 16.9 Å². The van der Waals surface area contributed by atoms with Gasteiger partial charge in [-0.1, -0.05) is 5.16 Å². The second-order valence-electron chi connectivity index (χ2n) is 6.20. The predicted octanol–water partition coefficient (Wildman–Crippen LogP) is 2.86. The maximum absolute atomic E-state index is 5.41.